The number of aliphatic hydroxyl groups is 2. The Morgan fingerprint density at radius 1 is 1.32 bits per heavy atom. The molecule has 1 fully saturated rings. The highest BCUT2D eigenvalue weighted by molar-refractivity contribution is 5.81. The topological polar surface area (TPSA) is 119 Å². The molecule has 1 unspecified atom stereocenters. The van der Waals surface area contributed by atoms with Gasteiger partial charge in [0, 0.05) is 0 Å². The van der Waals surface area contributed by atoms with Crippen LogP contribution in [0.25, 0.3) is 11.2 Å². The molecular formula is C11H15N5O3. The van der Waals surface area contributed by atoms with Crippen molar-refractivity contribution >= 4 is 17.0 Å². The van der Waals surface area contributed by atoms with Gasteiger partial charge >= 0.3 is 0 Å². The van der Waals surface area contributed by atoms with Crippen molar-refractivity contribution in [2.45, 2.75) is 37.9 Å². The molecule has 0 aromatic carbocycles. The predicted octanol–water partition coefficient (Wildman–Crippen LogP) is -0.562. The number of anilines is 1. The first-order chi connectivity index (χ1) is 9.13. The minimum Gasteiger partial charge on any atom is -0.388 e. The van der Waals surface area contributed by atoms with Crippen molar-refractivity contribution in [2.24, 2.45) is 0 Å². The van der Waals surface area contributed by atoms with Gasteiger partial charge in [0.15, 0.2) is 17.7 Å². The first kappa shape index (κ1) is 12.3. The molecule has 0 amide bonds. The summed E-state index contributed by atoms with van der Waals surface area (Å²) in [5, 5.41) is 19.9. The fourth-order valence-corrected chi connectivity index (χ4v) is 2.35. The molecule has 2 aromatic rings. The zero-order valence-corrected chi connectivity index (χ0v) is 10.3. The highest BCUT2D eigenvalue weighted by Crippen LogP contribution is 2.32. The lowest BCUT2D eigenvalue weighted by Gasteiger charge is -2.16. The summed E-state index contributed by atoms with van der Waals surface area (Å²) >= 11 is 0. The monoisotopic (exact) mass is 265 g/mol. The van der Waals surface area contributed by atoms with Crippen molar-refractivity contribution < 1.29 is 14.9 Å². The third-order valence-electron chi connectivity index (χ3n) is 3.40. The van der Waals surface area contributed by atoms with Crippen LogP contribution >= 0.6 is 0 Å². The van der Waals surface area contributed by atoms with Crippen molar-refractivity contribution in [1.29, 1.82) is 0 Å². The molecular weight excluding hydrogens is 250 g/mol. The highest BCUT2D eigenvalue weighted by atomic mass is 16.6. The van der Waals surface area contributed by atoms with E-state index in [0.717, 1.165) is 0 Å². The lowest BCUT2D eigenvalue weighted by molar-refractivity contribution is -0.0355. The van der Waals surface area contributed by atoms with Crippen molar-refractivity contribution in [1.82, 2.24) is 19.5 Å². The van der Waals surface area contributed by atoms with Gasteiger partial charge in [-0.05, 0) is 6.42 Å². The Morgan fingerprint density at radius 3 is 2.79 bits per heavy atom. The molecule has 8 nitrogen and oxygen atoms in total. The van der Waals surface area contributed by atoms with Crippen LogP contribution in [0, 0.1) is 0 Å². The van der Waals surface area contributed by atoms with Crippen molar-refractivity contribution in [3.05, 3.63) is 12.7 Å². The molecule has 0 bridgehead atoms. The summed E-state index contributed by atoms with van der Waals surface area (Å²) in [5.41, 5.74) is 6.63. The Hall–Kier alpha value is -1.77. The van der Waals surface area contributed by atoms with E-state index in [-0.39, 0.29) is 5.82 Å². The van der Waals surface area contributed by atoms with E-state index in [2.05, 4.69) is 15.0 Å². The molecule has 1 aliphatic rings. The van der Waals surface area contributed by atoms with E-state index in [1.54, 1.807) is 4.57 Å². The lowest BCUT2D eigenvalue weighted by Crippen LogP contribution is -2.31. The van der Waals surface area contributed by atoms with Crippen LogP contribution in [0.3, 0.4) is 0 Å². The maximum absolute atomic E-state index is 10.1. The number of nitrogen functional groups attached to an aromatic ring is 1. The number of aliphatic hydroxyl groups excluding tert-OH is 2. The number of hydrogen-bond acceptors (Lipinski definition) is 7. The van der Waals surface area contributed by atoms with Gasteiger partial charge < -0.3 is 20.7 Å². The first-order valence-electron chi connectivity index (χ1n) is 6.08. The number of hydrogen-bond donors (Lipinski definition) is 3. The standard InChI is InChI=1S/C11H15N5O3/c1-2-5-7(17)8(18)11(19-5)16-4-15-6-9(12)13-3-14-10(6)16/h3-5,7-8,11,17-18H,2H2,1H3,(H2,12,13,14)/t5-,7?,8-,11-/m1/s1. The average molecular weight is 265 g/mol. The maximum atomic E-state index is 10.1. The number of nitrogens with zero attached hydrogens (tertiary/aromatic N) is 4. The molecule has 1 saturated heterocycles. The van der Waals surface area contributed by atoms with Gasteiger partial charge in [-0.1, -0.05) is 6.92 Å². The van der Waals surface area contributed by atoms with Gasteiger partial charge in [0.25, 0.3) is 0 Å². The SMILES string of the molecule is CC[C@H]1O[C@@H](n2cnc3c(N)ncnc32)[C@H](O)C1O. The van der Waals surface area contributed by atoms with Gasteiger partial charge in [-0.15, -0.1) is 0 Å². The van der Waals surface area contributed by atoms with Gasteiger partial charge in [-0.2, -0.15) is 0 Å². The molecule has 1 aliphatic heterocycles. The number of rotatable bonds is 2. The van der Waals surface area contributed by atoms with Crippen LogP contribution in [0.5, 0.6) is 0 Å². The minimum atomic E-state index is -1.03. The Labute approximate surface area is 108 Å². The maximum Gasteiger partial charge on any atom is 0.167 e. The second kappa shape index (κ2) is 4.41. The zero-order valence-electron chi connectivity index (χ0n) is 10.3. The molecule has 4 atom stereocenters. The Kier molecular flexibility index (Phi) is 2.85. The van der Waals surface area contributed by atoms with Gasteiger partial charge in [-0.3, -0.25) is 4.57 Å². The molecule has 0 radical (unpaired) electrons. The third-order valence-corrected chi connectivity index (χ3v) is 3.40. The lowest BCUT2D eigenvalue weighted by atomic mass is 10.1. The summed E-state index contributed by atoms with van der Waals surface area (Å²) < 4.78 is 7.22. The first-order valence-corrected chi connectivity index (χ1v) is 6.08. The molecule has 0 saturated carbocycles. The van der Waals surface area contributed by atoms with Gasteiger partial charge in [0.05, 0.1) is 12.4 Å². The molecule has 4 N–H and O–H groups in total. The van der Waals surface area contributed by atoms with Crippen LogP contribution in [0.4, 0.5) is 5.82 Å². The molecule has 0 spiro atoms. The third kappa shape index (κ3) is 1.76. The second-order valence-electron chi connectivity index (χ2n) is 4.54. The van der Waals surface area contributed by atoms with E-state index in [4.69, 9.17) is 10.5 Å². The van der Waals surface area contributed by atoms with Crippen LogP contribution in [-0.4, -0.2) is 48.0 Å². The van der Waals surface area contributed by atoms with E-state index >= 15 is 0 Å². The quantitative estimate of drug-likeness (QED) is 0.665. The van der Waals surface area contributed by atoms with Crippen molar-refractivity contribution in [3.63, 3.8) is 0 Å². The number of nitrogens with two attached hydrogens (primary N) is 1. The highest BCUT2D eigenvalue weighted by Gasteiger charge is 2.43. The van der Waals surface area contributed by atoms with Crippen LogP contribution in [0.15, 0.2) is 12.7 Å². The van der Waals surface area contributed by atoms with Crippen molar-refractivity contribution in [3.8, 4) is 0 Å². The van der Waals surface area contributed by atoms with Crippen LogP contribution in [0.2, 0.25) is 0 Å². The average Bonchev–Trinajstić information content (AvgIpc) is 2.94. The van der Waals surface area contributed by atoms with E-state index < -0.39 is 24.5 Å². The van der Waals surface area contributed by atoms with Crippen LogP contribution < -0.4 is 5.73 Å². The Bertz CT molecular complexity index is 601. The predicted molar refractivity (Wildman–Crippen MR) is 66.0 cm³/mol. The molecule has 8 heteroatoms. The van der Waals surface area contributed by atoms with Crippen LogP contribution in [-0.2, 0) is 4.74 Å². The van der Waals surface area contributed by atoms with E-state index in [1.807, 2.05) is 6.92 Å². The van der Waals surface area contributed by atoms with Gasteiger partial charge in [-0.25, -0.2) is 15.0 Å². The smallest absolute Gasteiger partial charge is 0.167 e. The molecule has 3 heterocycles. The fourth-order valence-electron chi connectivity index (χ4n) is 2.35. The minimum absolute atomic E-state index is 0.267. The normalized spacial score (nSPS) is 31.1. The zero-order chi connectivity index (χ0) is 13.6. The molecule has 102 valence electrons. The summed E-state index contributed by atoms with van der Waals surface area (Å²) in [6, 6.07) is 0. The fraction of sp³-hybridized carbons (Fsp3) is 0.545. The Balaban J connectivity index is 2.04. The number of aromatic nitrogens is 4. The van der Waals surface area contributed by atoms with Crippen LogP contribution in [0.1, 0.15) is 19.6 Å². The molecule has 19 heavy (non-hydrogen) atoms. The summed E-state index contributed by atoms with van der Waals surface area (Å²) in [5.74, 6) is 0.267. The van der Waals surface area contributed by atoms with Gasteiger partial charge in [0.2, 0.25) is 0 Å². The van der Waals surface area contributed by atoms with Crippen molar-refractivity contribution in [2.75, 3.05) is 5.73 Å². The summed E-state index contributed by atoms with van der Waals surface area (Å²) in [7, 11) is 0. The summed E-state index contributed by atoms with van der Waals surface area (Å²) in [6.07, 6.45) is 0.332. The largest absolute Gasteiger partial charge is 0.388 e. The second-order valence-corrected chi connectivity index (χ2v) is 4.54. The van der Waals surface area contributed by atoms with Gasteiger partial charge in [0.1, 0.15) is 24.1 Å². The van der Waals surface area contributed by atoms with E-state index in [1.165, 1.54) is 12.7 Å². The summed E-state index contributed by atoms with van der Waals surface area (Å²) in [4.78, 5) is 12.1. The summed E-state index contributed by atoms with van der Waals surface area (Å²) in [6.45, 7) is 1.88. The number of ether oxygens (including phenoxy) is 1. The van der Waals surface area contributed by atoms with E-state index in [9.17, 15) is 10.2 Å². The Morgan fingerprint density at radius 2 is 2.11 bits per heavy atom. The molecule has 3 rings (SSSR count). The number of fused-ring (bicyclic) bond motifs is 1. The molecule has 0 aliphatic carbocycles. The molecule has 2 aromatic heterocycles. The van der Waals surface area contributed by atoms with E-state index in [0.29, 0.717) is 17.6 Å². The number of imidazole rings is 1.